The van der Waals surface area contributed by atoms with Crippen LogP contribution in [0.1, 0.15) is 12.5 Å². The van der Waals surface area contributed by atoms with E-state index in [9.17, 15) is 23.1 Å². The van der Waals surface area contributed by atoms with Crippen molar-refractivity contribution in [1.29, 1.82) is 0 Å². The number of sulfonamides is 1. The number of fused-ring (bicyclic) bond motifs is 1. The molecule has 0 aliphatic rings. The maximum atomic E-state index is 12.0. The summed E-state index contributed by atoms with van der Waals surface area (Å²) in [6, 6.07) is 13.4. The molecule has 2 aromatic carbocycles. The van der Waals surface area contributed by atoms with Gasteiger partial charge in [-0.25, -0.2) is 8.42 Å². The molecule has 1 unspecified atom stereocenters. The monoisotopic (exact) mass is 392 g/mol. The fraction of sp³-hybridized carbons (Fsp3) is 0.368. The molecule has 2 rings (SSSR count). The van der Waals surface area contributed by atoms with Crippen LogP contribution in [0.3, 0.4) is 0 Å². The van der Waals surface area contributed by atoms with E-state index in [0.29, 0.717) is 0 Å². The fourth-order valence-electron chi connectivity index (χ4n) is 2.80. The van der Waals surface area contributed by atoms with Crippen LogP contribution in [0.2, 0.25) is 0 Å². The zero-order chi connectivity index (χ0) is 20.0. The maximum Gasteiger partial charge on any atom is 0.308 e. The Hall–Kier alpha value is -2.45. The summed E-state index contributed by atoms with van der Waals surface area (Å²) in [4.78, 5) is 23.6. The Bertz CT molecular complexity index is 921. The molecule has 0 saturated heterocycles. The van der Waals surface area contributed by atoms with Gasteiger partial charge in [-0.1, -0.05) is 42.5 Å². The highest BCUT2D eigenvalue weighted by Gasteiger charge is 2.22. The SMILES string of the molecule is CCS(=O)(=O)N(C)CC(=O)NCC(Cc1cccc2ccccc12)C(=O)O. The largest absolute Gasteiger partial charge is 0.481 e. The van der Waals surface area contributed by atoms with Gasteiger partial charge in [0.15, 0.2) is 0 Å². The molecule has 1 atom stereocenters. The predicted molar refractivity (Wildman–Crippen MR) is 104 cm³/mol. The lowest BCUT2D eigenvalue weighted by Gasteiger charge is -2.18. The molecule has 27 heavy (non-hydrogen) atoms. The van der Waals surface area contributed by atoms with Crippen LogP contribution in [0, 0.1) is 5.92 Å². The van der Waals surface area contributed by atoms with Crippen molar-refractivity contribution in [3.8, 4) is 0 Å². The second-order valence-electron chi connectivity index (χ2n) is 6.34. The number of carboxylic acid groups (broad SMARTS) is 1. The van der Waals surface area contributed by atoms with Crippen molar-refractivity contribution in [1.82, 2.24) is 9.62 Å². The summed E-state index contributed by atoms with van der Waals surface area (Å²) in [5, 5.41) is 14.0. The molecule has 0 fully saturated rings. The van der Waals surface area contributed by atoms with Crippen LogP contribution in [-0.4, -0.2) is 55.6 Å². The standard InChI is InChI=1S/C19H24N2O5S/c1-3-27(25,26)21(2)13-18(22)20-12-16(19(23)24)11-15-9-6-8-14-7-4-5-10-17(14)15/h4-10,16H,3,11-13H2,1-2H3,(H,20,22)(H,23,24). The molecular weight excluding hydrogens is 368 g/mol. The molecular formula is C19H24N2O5S. The lowest BCUT2D eigenvalue weighted by atomic mass is 9.95. The molecule has 0 aliphatic carbocycles. The number of benzene rings is 2. The van der Waals surface area contributed by atoms with Crippen molar-refractivity contribution in [2.45, 2.75) is 13.3 Å². The van der Waals surface area contributed by atoms with Gasteiger partial charge in [0, 0.05) is 13.6 Å². The van der Waals surface area contributed by atoms with E-state index in [1.807, 2.05) is 42.5 Å². The predicted octanol–water partition coefficient (Wildman–Crippen LogP) is 1.48. The van der Waals surface area contributed by atoms with Gasteiger partial charge in [-0.3, -0.25) is 9.59 Å². The third kappa shape index (κ3) is 5.51. The number of nitrogens with one attached hydrogen (secondary N) is 1. The number of carbonyl (C=O) groups is 2. The Balaban J connectivity index is 2.04. The third-order valence-electron chi connectivity index (χ3n) is 4.45. The average Bonchev–Trinajstić information content (AvgIpc) is 2.64. The van der Waals surface area contributed by atoms with E-state index in [1.165, 1.54) is 14.0 Å². The average molecular weight is 392 g/mol. The number of carbonyl (C=O) groups excluding carboxylic acids is 1. The number of nitrogens with zero attached hydrogens (tertiary/aromatic N) is 1. The summed E-state index contributed by atoms with van der Waals surface area (Å²) in [7, 11) is -2.14. The van der Waals surface area contributed by atoms with Gasteiger partial charge in [-0.15, -0.1) is 0 Å². The minimum atomic E-state index is -3.46. The first-order chi connectivity index (χ1) is 12.7. The van der Waals surface area contributed by atoms with Gasteiger partial charge in [0.05, 0.1) is 18.2 Å². The van der Waals surface area contributed by atoms with Crippen LogP contribution in [0.4, 0.5) is 0 Å². The summed E-state index contributed by atoms with van der Waals surface area (Å²) in [6.45, 7) is 1.09. The molecule has 0 aliphatic heterocycles. The molecule has 0 bridgehead atoms. The highest BCUT2D eigenvalue weighted by molar-refractivity contribution is 7.89. The van der Waals surface area contributed by atoms with E-state index in [4.69, 9.17) is 0 Å². The highest BCUT2D eigenvalue weighted by Crippen LogP contribution is 2.21. The summed E-state index contributed by atoms with van der Waals surface area (Å²) in [5.41, 5.74) is 0.889. The lowest BCUT2D eigenvalue weighted by molar-refractivity contribution is -0.141. The molecule has 146 valence electrons. The van der Waals surface area contributed by atoms with Gasteiger partial charge in [0.2, 0.25) is 15.9 Å². The van der Waals surface area contributed by atoms with Crippen molar-refractivity contribution in [3.63, 3.8) is 0 Å². The van der Waals surface area contributed by atoms with Crippen molar-refractivity contribution in [3.05, 3.63) is 48.0 Å². The smallest absolute Gasteiger partial charge is 0.308 e. The first kappa shape index (κ1) is 20.9. The summed E-state index contributed by atoms with van der Waals surface area (Å²) in [5.74, 6) is -2.46. The fourth-order valence-corrected chi connectivity index (χ4v) is 3.55. The van der Waals surface area contributed by atoms with Crippen molar-refractivity contribution in [2.24, 2.45) is 5.92 Å². The van der Waals surface area contributed by atoms with Crippen LogP contribution in [0.15, 0.2) is 42.5 Å². The number of carboxylic acids is 1. The molecule has 7 nitrogen and oxygen atoms in total. The first-order valence-corrected chi connectivity index (χ1v) is 10.3. The Kier molecular flexibility index (Phi) is 6.92. The molecule has 8 heteroatoms. The van der Waals surface area contributed by atoms with Crippen LogP contribution < -0.4 is 5.32 Å². The lowest BCUT2D eigenvalue weighted by Crippen LogP contribution is -2.41. The summed E-state index contributed by atoms with van der Waals surface area (Å²) in [6.07, 6.45) is 0.264. The maximum absolute atomic E-state index is 12.0. The number of aliphatic carboxylic acids is 1. The van der Waals surface area contributed by atoms with E-state index < -0.39 is 27.8 Å². The minimum absolute atomic E-state index is 0.0720. The molecule has 2 aromatic rings. The molecule has 0 spiro atoms. The molecule has 0 heterocycles. The molecule has 1 amide bonds. The van der Waals surface area contributed by atoms with Crippen LogP contribution >= 0.6 is 0 Å². The number of amides is 1. The van der Waals surface area contributed by atoms with Gasteiger partial charge in [-0.05, 0) is 29.7 Å². The molecule has 2 N–H and O–H groups in total. The minimum Gasteiger partial charge on any atom is -0.481 e. The van der Waals surface area contributed by atoms with Crippen molar-refractivity contribution < 1.29 is 23.1 Å². The Morgan fingerprint density at radius 3 is 2.48 bits per heavy atom. The molecule has 0 aromatic heterocycles. The quantitative estimate of drug-likeness (QED) is 0.673. The highest BCUT2D eigenvalue weighted by atomic mass is 32.2. The van der Waals surface area contributed by atoms with E-state index in [0.717, 1.165) is 20.6 Å². The van der Waals surface area contributed by atoms with Crippen molar-refractivity contribution in [2.75, 3.05) is 25.9 Å². The molecule has 0 radical (unpaired) electrons. The van der Waals surface area contributed by atoms with Gasteiger partial charge in [0.25, 0.3) is 0 Å². The zero-order valence-corrected chi connectivity index (χ0v) is 16.2. The number of hydrogen-bond acceptors (Lipinski definition) is 4. The van der Waals surface area contributed by atoms with Gasteiger partial charge < -0.3 is 10.4 Å². The van der Waals surface area contributed by atoms with E-state index in [-0.39, 0.29) is 25.3 Å². The normalized spacial score (nSPS) is 12.9. The third-order valence-corrected chi connectivity index (χ3v) is 6.26. The zero-order valence-electron chi connectivity index (χ0n) is 15.4. The van der Waals surface area contributed by atoms with Crippen molar-refractivity contribution >= 4 is 32.7 Å². The van der Waals surface area contributed by atoms with Crippen LogP contribution in [0.5, 0.6) is 0 Å². The van der Waals surface area contributed by atoms with E-state index in [1.54, 1.807) is 0 Å². The Labute approximate surface area is 159 Å². The summed E-state index contributed by atoms with van der Waals surface area (Å²) >= 11 is 0. The second kappa shape index (κ2) is 8.96. The van der Waals surface area contributed by atoms with Crippen LogP contribution in [-0.2, 0) is 26.0 Å². The first-order valence-electron chi connectivity index (χ1n) is 8.64. The topological polar surface area (TPSA) is 104 Å². The number of rotatable bonds is 9. The Morgan fingerprint density at radius 1 is 1.15 bits per heavy atom. The van der Waals surface area contributed by atoms with Crippen LogP contribution in [0.25, 0.3) is 10.8 Å². The van der Waals surface area contributed by atoms with E-state index in [2.05, 4.69) is 5.32 Å². The van der Waals surface area contributed by atoms with Gasteiger partial charge >= 0.3 is 5.97 Å². The number of likely N-dealkylation sites (N-methyl/N-ethyl adjacent to an activating group) is 1. The Morgan fingerprint density at radius 2 is 1.81 bits per heavy atom. The number of hydrogen-bond donors (Lipinski definition) is 2. The van der Waals surface area contributed by atoms with Gasteiger partial charge in [-0.2, -0.15) is 4.31 Å². The van der Waals surface area contributed by atoms with Gasteiger partial charge in [0.1, 0.15) is 0 Å². The summed E-state index contributed by atoms with van der Waals surface area (Å²) < 4.78 is 24.4. The second-order valence-corrected chi connectivity index (χ2v) is 8.70. The van der Waals surface area contributed by atoms with E-state index >= 15 is 0 Å². The molecule has 0 saturated carbocycles.